The first-order chi connectivity index (χ1) is 7.57. The monoisotopic (exact) mass is 245 g/mol. The van der Waals surface area contributed by atoms with Crippen LogP contribution in [0.3, 0.4) is 0 Å². The quantitative estimate of drug-likeness (QED) is 0.794. The molecular weight excluding hydrogens is 232 g/mol. The maximum atomic E-state index is 12.1. The molecule has 0 atom stereocenters. The lowest BCUT2D eigenvalue weighted by atomic mass is 9.89. The zero-order valence-electron chi connectivity index (χ0n) is 8.62. The van der Waals surface area contributed by atoms with Gasteiger partial charge in [0.1, 0.15) is 0 Å². The van der Waals surface area contributed by atoms with Crippen molar-refractivity contribution in [2.45, 2.75) is 22.7 Å². The van der Waals surface area contributed by atoms with Crippen LogP contribution in [0.25, 0.3) is 0 Å². The van der Waals surface area contributed by atoms with Crippen molar-refractivity contribution in [1.29, 1.82) is 0 Å². The van der Waals surface area contributed by atoms with E-state index in [9.17, 15) is 13.9 Å². The number of alkyl halides is 2. The molecule has 2 N–H and O–H groups in total. The molecule has 1 aromatic carbocycles. The second-order valence-corrected chi connectivity index (χ2v) is 5.09. The van der Waals surface area contributed by atoms with E-state index in [0.29, 0.717) is 36.2 Å². The van der Waals surface area contributed by atoms with Gasteiger partial charge in [-0.25, -0.2) is 0 Å². The summed E-state index contributed by atoms with van der Waals surface area (Å²) in [7, 11) is 0. The Balaban J connectivity index is 1.96. The zero-order chi connectivity index (χ0) is 11.6. The molecule has 2 nitrogen and oxygen atoms in total. The van der Waals surface area contributed by atoms with Crippen LogP contribution < -0.4 is 5.32 Å². The standard InChI is InChI=1S/C11H13F2NOS/c12-10(13)16-9-3-1-8(2-4-9)5-11(15)6-14-7-11/h1-4,10,14-15H,5-7H2. The number of benzene rings is 1. The summed E-state index contributed by atoms with van der Waals surface area (Å²) in [6.45, 7) is 1.20. The molecule has 0 amide bonds. The maximum absolute atomic E-state index is 12.1. The van der Waals surface area contributed by atoms with Crippen molar-refractivity contribution in [2.24, 2.45) is 0 Å². The summed E-state index contributed by atoms with van der Waals surface area (Å²) in [6.07, 6.45) is 0.569. The van der Waals surface area contributed by atoms with E-state index in [1.807, 2.05) is 0 Å². The Kier molecular flexibility index (Phi) is 3.47. The van der Waals surface area contributed by atoms with Crippen molar-refractivity contribution in [1.82, 2.24) is 5.32 Å². The molecule has 5 heteroatoms. The van der Waals surface area contributed by atoms with E-state index in [0.717, 1.165) is 5.56 Å². The minimum Gasteiger partial charge on any atom is -0.387 e. The average Bonchev–Trinajstić information content (AvgIpc) is 2.18. The van der Waals surface area contributed by atoms with Crippen molar-refractivity contribution in [3.63, 3.8) is 0 Å². The fourth-order valence-corrected chi connectivity index (χ4v) is 2.21. The number of rotatable bonds is 4. The minimum atomic E-state index is -2.38. The smallest absolute Gasteiger partial charge is 0.288 e. The Labute approximate surface area is 97.0 Å². The Morgan fingerprint density at radius 1 is 1.31 bits per heavy atom. The molecule has 1 aliphatic rings. The van der Waals surface area contributed by atoms with Crippen LogP contribution in [0.1, 0.15) is 5.56 Å². The molecule has 0 aromatic heterocycles. The van der Waals surface area contributed by atoms with Crippen LogP contribution in [-0.2, 0) is 6.42 Å². The van der Waals surface area contributed by atoms with E-state index in [4.69, 9.17) is 0 Å². The first-order valence-electron chi connectivity index (χ1n) is 5.04. The number of β-amino-alcohol motifs (C(OH)–C–C–N with tert-alkyl or cyclic N) is 1. The molecule has 0 unspecified atom stereocenters. The summed E-state index contributed by atoms with van der Waals surface area (Å²) in [5.74, 6) is -2.38. The van der Waals surface area contributed by atoms with Gasteiger partial charge in [-0.3, -0.25) is 0 Å². The Morgan fingerprint density at radius 3 is 2.38 bits per heavy atom. The highest BCUT2D eigenvalue weighted by atomic mass is 32.2. The fraction of sp³-hybridized carbons (Fsp3) is 0.455. The Hall–Kier alpha value is -0.650. The van der Waals surface area contributed by atoms with Gasteiger partial charge >= 0.3 is 0 Å². The minimum absolute atomic E-state index is 0.537. The van der Waals surface area contributed by atoms with Crippen LogP contribution in [0.4, 0.5) is 8.78 Å². The van der Waals surface area contributed by atoms with Crippen molar-refractivity contribution in [3.05, 3.63) is 29.8 Å². The van der Waals surface area contributed by atoms with E-state index in [1.54, 1.807) is 24.3 Å². The highest BCUT2D eigenvalue weighted by Crippen LogP contribution is 2.26. The molecule has 1 aromatic rings. The van der Waals surface area contributed by atoms with Gasteiger partial charge in [-0.15, -0.1) is 0 Å². The van der Waals surface area contributed by atoms with E-state index < -0.39 is 11.4 Å². The van der Waals surface area contributed by atoms with Crippen LogP contribution >= 0.6 is 11.8 Å². The largest absolute Gasteiger partial charge is 0.387 e. The number of hydrogen-bond donors (Lipinski definition) is 2. The van der Waals surface area contributed by atoms with Gasteiger partial charge in [-0.2, -0.15) is 8.78 Å². The lowest BCUT2D eigenvalue weighted by molar-refractivity contribution is -0.00902. The van der Waals surface area contributed by atoms with Crippen LogP contribution in [0.5, 0.6) is 0 Å². The van der Waals surface area contributed by atoms with Gasteiger partial charge in [0, 0.05) is 24.4 Å². The first kappa shape index (κ1) is 11.8. The molecule has 1 aliphatic heterocycles. The van der Waals surface area contributed by atoms with Gasteiger partial charge in [-0.1, -0.05) is 23.9 Å². The van der Waals surface area contributed by atoms with Crippen LogP contribution in [0, 0.1) is 0 Å². The van der Waals surface area contributed by atoms with Crippen LogP contribution in [0.2, 0.25) is 0 Å². The van der Waals surface area contributed by atoms with E-state index in [-0.39, 0.29) is 0 Å². The predicted octanol–water partition coefficient (Wildman–Crippen LogP) is 1.88. The summed E-state index contributed by atoms with van der Waals surface area (Å²) in [4.78, 5) is 0.553. The molecule has 0 aliphatic carbocycles. The third kappa shape index (κ3) is 2.93. The normalized spacial score (nSPS) is 18.5. The highest BCUT2D eigenvalue weighted by molar-refractivity contribution is 7.99. The third-order valence-electron chi connectivity index (χ3n) is 2.59. The van der Waals surface area contributed by atoms with Crippen LogP contribution in [0.15, 0.2) is 29.2 Å². The Morgan fingerprint density at radius 2 is 1.94 bits per heavy atom. The molecule has 16 heavy (non-hydrogen) atoms. The lowest BCUT2D eigenvalue weighted by Gasteiger charge is -2.37. The lowest BCUT2D eigenvalue weighted by Crippen LogP contribution is -2.60. The summed E-state index contributed by atoms with van der Waals surface area (Å²) < 4.78 is 24.1. The molecule has 0 spiro atoms. The van der Waals surface area contributed by atoms with Gasteiger partial charge < -0.3 is 10.4 Å². The van der Waals surface area contributed by atoms with Crippen molar-refractivity contribution in [2.75, 3.05) is 13.1 Å². The summed E-state index contributed by atoms with van der Waals surface area (Å²) in [6, 6.07) is 6.92. The third-order valence-corrected chi connectivity index (χ3v) is 3.31. The molecular formula is C11H13F2NOS. The molecule has 0 radical (unpaired) electrons. The average molecular weight is 245 g/mol. The van der Waals surface area contributed by atoms with Gasteiger partial charge in [0.05, 0.1) is 5.60 Å². The van der Waals surface area contributed by atoms with Gasteiger partial charge in [0.15, 0.2) is 0 Å². The molecule has 1 heterocycles. The number of nitrogens with one attached hydrogen (secondary N) is 1. The predicted molar refractivity (Wildman–Crippen MR) is 59.8 cm³/mol. The topological polar surface area (TPSA) is 32.3 Å². The second kappa shape index (κ2) is 4.69. The summed E-state index contributed by atoms with van der Waals surface area (Å²) in [5.41, 5.74) is 0.319. The van der Waals surface area contributed by atoms with E-state index in [2.05, 4.69) is 5.32 Å². The van der Waals surface area contributed by atoms with Crippen LogP contribution in [-0.4, -0.2) is 29.6 Å². The molecule has 0 bridgehead atoms. The number of halogens is 2. The SMILES string of the molecule is OC1(Cc2ccc(SC(F)F)cc2)CNC1. The van der Waals surface area contributed by atoms with Crippen molar-refractivity contribution >= 4 is 11.8 Å². The zero-order valence-corrected chi connectivity index (χ0v) is 9.44. The molecule has 0 saturated carbocycles. The first-order valence-corrected chi connectivity index (χ1v) is 5.92. The molecule has 88 valence electrons. The molecule has 2 rings (SSSR count). The summed E-state index contributed by atoms with van der Waals surface area (Å²) >= 11 is 0.537. The van der Waals surface area contributed by atoms with Crippen molar-refractivity contribution < 1.29 is 13.9 Å². The second-order valence-electron chi connectivity index (χ2n) is 4.03. The van der Waals surface area contributed by atoms with Gasteiger partial charge in [-0.05, 0) is 17.7 Å². The fourth-order valence-electron chi connectivity index (χ4n) is 1.71. The van der Waals surface area contributed by atoms with E-state index in [1.165, 1.54) is 0 Å². The maximum Gasteiger partial charge on any atom is 0.288 e. The number of aliphatic hydroxyl groups is 1. The summed E-state index contributed by atoms with van der Waals surface area (Å²) in [5, 5.41) is 12.9. The molecule has 1 fully saturated rings. The van der Waals surface area contributed by atoms with Crippen molar-refractivity contribution in [3.8, 4) is 0 Å². The number of hydrogen-bond acceptors (Lipinski definition) is 3. The number of thioether (sulfide) groups is 1. The molecule has 1 saturated heterocycles. The van der Waals surface area contributed by atoms with Gasteiger partial charge in [0.2, 0.25) is 0 Å². The van der Waals surface area contributed by atoms with Gasteiger partial charge in [0.25, 0.3) is 5.76 Å². The van der Waals surface area contributed by atoms with E-state index >= 15 is 0 Å². The highest BCUT2D eigenvalue weighted by Gasteiger charge is 2.33. The Bertz CT molecular complexity index is 352.